The molecular formula is C15H22N2O4. The molecule has 1 aromatic carbocycles. The van der Waals surface area contributed by atoms with Crippen LogP contribution in [-0.4, -0.2) is 37.8 Å². The minimum Gasteiger partial charge on any atom is -0.487 e. The smallest absolute Gasteiger partial charge is 0.311 e. The summed E-state index contributed by atoms with van der Waals surface area (Å²) in [5.41, 5.74) is 0.951. The number of nitrogens with zero attached hydrogens (tertiary/aromatic N) is 2. The first-order valence-electron chi connectivity index (χ1n) is 7.25. The Balaban J connectivity index is 2.24. The van der Waals surface area contributed by atoms with E-state index in [1.54, 1.807) is 19.2 Å². The molecule has 6 heteroatoms. The van der Waals surface area contributed by atoms with E-state index < -0.39 is 4.92 Å². The van der Waals surface area contributed by atoms with Crippen LogP contribution in [0.4, 0.5) is 11.4 Å². The van der Waals surface area contributed by atoms with E-state index in [4.69, 9.17) is 9.47 Å². The first-order chi connectivity index (χ1) is 10.1. The third-order valence-electron chi connectivity index (χ3n) is 4.00. The largest absolute Gasteiger partial charge is 0.487 e. The van der Waals surface area contributed by atoms with Crippen molar-refractivity contribution < 1.29 is 14.4 Å². The Bertz CT molecular complexity index is 506. The lowest BCUT2D eigenvalue weighted by molar-refractivity contribution is -0.385. The molecule has 0 spiro atoms. The molecular weight excluding hydrogens is 272 g/mol. The minimum absolute atomic E-state index is 0.00858. The van der Waals surface area contributed by atoms with Gasteiger partial charge in [-0.2, -0.15) is 0 Å². The van der Waals surface area contributed by atoms with Gasteiger partial charge in [0.15, 0.2) is 5.75 Å². The number of benzene rings is 1. The molecule has 1 fully saturated rings. The number of nitro benzene ring substituents is 1. The normalized spacial score (nSPS) is 22.1. The van der Waals surface area contributed by atoms with Gasteiger partial charge in [-0.3, -0.25) is 10.1 Å². The fraction of sp³-hybridized carbons (Fsp3) is 0.600. The molecule has 0 N–H and O–H groups in total. The summed E-state index contributed by atoms with van der Waals surface area (Å²) in [5.74, 6) is 0.850. The van der Waals surface area contributed by atoms with Crippen LogP contribution in [0.5, 0.6) is 5.75 Å². The number of nitro groups is 1. The molecule has 2 rings (SSSR count). The second-order valence-corrected chi connectivity index (χ2v) is 5.33. The van der Waals surface area contributed by atoms with Crippen molar-refractivity contribution in [2.45, 2.75) is 26.4 Å². The number of hydrogen-bond donors (Lipinski definition) is 0. The summed E-state index contributed by atoms with van der Waals surface area (Å²) in [4.78, 5) is 12.8. The highest BCUT2D eigenvalue weighted by Gasteiger charge is 2.27. The van der Waals surface area contributed by atoms with Gasteiger partial charge in [0, 0.05) is 38.0 Å². The minimum atomic E-state index is -0.412. The van der Waals surface area contributed by atoms with E-state index in [1.807, 2.05) is 6.92 Å². The van der Waals surface area contributed by atoms with Crippen molar-refractivity contribution in [3.8, 4) is 5.75 Å². The summed E-state index contributed by atoms with van der Waals surface area (Å²) >= 11 is 0. The Hall–Kier alpha value is -1.82. The van der Waals surface area contributed by atoms with Crippen molar-refractivity contribution in [2.24, 2.45) is 5.92 Å². The quantitative estimate of drug-likeness (QED) is 0.617. The number of hydrogen-bond acceptors (Lipinski definition) is 5. The molecule has 116 valence electrons. The van der Waals surface area contributed by atoms with E-state index >= 15 is 0 Å². The molecule has 0 radical (unpaired) electrons. The lowest BCUT2D eigenvalue weighted by Gasteiger charge is -2.37. The second kappa shape index (κ2) is 6.76. The van der Waals surface area contributed by atoms with Crippen molar-refractivity contribution in [3.05, 3.63) is 28.3 Å². The zero-order valence-electron chi connectivity index (χ0n) is 12.7. The van der Waals surface area contributed by atoms with Crippen LogP contribution in [0, 0.1) is 16.0 Å². The third-order valence-corrected chi connectivity index (χ3v) is 4.00. The number of rotatable bonds is 5. The predicted octanol–water partition coefficient (Wildman–Crippen LogP) is 2.85. The molecule has 0 saturated carbocycles. The van der Waals surface area contributed by atoms with Crippen molar-refractivity contribution in [3.63, 3.8) is 0 Å². The second-order valence-electron chi connectivity index (χ2n) is 5.33. The number of anilines is 1. The fourth-order valence-electron chi connectivity index (χ4n) is 2.70. The van der Waals surface area contributed by atoms with Gasteiger partial charge in [-0.25, -0.2) is 0 Å². The van der Waals surface area contributed by atoms with Crippen LogP contribution in [0.2, 0.25) is 0 Å². The third kappa shape index (κ3) is 3.44. The molecule has 2 atom stereocenters. The van der Waals surface area contributed by atoms with E-state index in [9.17, 15) is 10.1 Å². The maximum absolute atomic E-state index is 11.0. The Morgan fingerprint density at radius 2 is 2.24 bits per heavy atom. The zero-order chi connectivity index (χ0) is 15.4. The molecule has 0 amide bonds. The van der Waals surface area contributed by atoms with Crippen LogP contribution in [0.15, 0.2) is 18.2 Å². The lowest BCUT2D eigenvalue weighted by atomic mass is 9.95. The van der Waals surface area contributed by atoms with Crippen LogP contribution in [0.3, 0.4) is 0 Å². The standard InChI is InChI=1S/C15H22N2O4/c1-4-21-14-9-12(5-6-13(14)17(18)19)16-8-7-11(2)15(10-16)20-3/h5-6,9,11,15H,4,7-8,10H2,1-3H3. The van der Waals surface area contributed by atoms with Gasteiger partial charge in [0.2, 0.25) is 0 Å². The molecule has 1 saturated heterocycles. The SMILES string of the molecule is CCOc1cc(N2CCC(C)C(OC)C2)ccc1[N+](=O)[O-]. The summed E-state index contributed by atoms with van der Waals surface area (Å²) in [7, 11) is 1.73. The summed E-state index contributed by atoms with van der Waals surface area (Å²) in [6.45, 7) is 6.13. The van der Waals surface area contributed by atoms with Crippen LogP contribution < -0.4 is 9.64 Å². The topological polar surface area (TPSA) is 64.8 Å². The highest BCUT2D eigenvalue weighted by Crippen LogP contribution is 2.33. The maximum Gasteiger partial charge on any atom is 0.311 e. The first-order valence-corrected chi connectivity index (χ1v) is 7.25. The van der Waals surface area contributed by atoms with Crippen LogP contribution in [0.25, 0.3) is 0 Å². The van der Waals surface area contributed by atoms with E-state index in [0.29, 0.717) is 18.3 Å². The number of piperidine rings is 1. The monoisotopic (exact) mass is 294 g/mol. The molecule has 1 aliphatic heterocycles. The van der Waals surface area contributed by atoms with E-state index in [0.717, 1.165) is 25.2 Å². The van der Waals surface area contributed by atoms with Crippen molar-refractivity contribution >= 4 is 11.4 Å². The molecule has 6 nitrogen and oxygen atoms in total. The summed E-state index contributed by atoms with van der Waals surface area (Å²) in [5, 5.41) is 11.0. The molecule has 0 aromatic heterocycles. The van der Waals surface area contributed by atoms with Crippen molar-refractivity contribution in [1.29, 1.82) is 0 Å². The molecule has 0 bridgehead atoms. The van der Waals surface area contributed by atoms with Gasteiger partial charge in [0.25, 0.3) is 0 Å². The van der Waals surface area contributed by atoms with Gasteiger partial charge in [0.05, 0.1) is 17.6 Å². The average molecular weight is 294 g/mol. The molecule has 1 heterocycles. The molecule has 1 aromatic rings. The summed E-state index contributed by atoms with van der Waals surface area (Å²) in [6, 6.07) is 5.05. The number of methoxy groups -OCH3 is 1. The van der Waals surface area contributed by atoms with Gasteiger partial charge in [-0.1, -0.05) is 6.92 Å². The lowest BCUT2D eigenvalue weighted by Crippen LogP contribution is -2.43. The van der Waals surface area contributed by atoms with Crippen LogP contribution in [0.1, 0.15) is 20.3 Å². The van der Waals surface area contributed by atoms with Gasteiger partial charge in [-0.05, 0) is 25.3 Å². The molecule has 0 aliphatic carbocycles. The van der Waals surface area contributed by atoms with Crippen LogP contribution >= 0.6 is 0 Å². The molecule has 21 heavy (non-hydrogen) atoms. The van der Waals surface area contributed by atoms with Crippen molar-refractivity contribution in [1.82, 2.24) is 0 Å². The van der Waals surface area contributed by atoms with E-state index in [-0.39, 0.29) is 11.8 Å². The van der Waals surface area contributed by atoms with Gasteiger partial charge in [0.1, 0.15) is 0 Å². The predicted molar refractivity (Wildman–Crippen MR) is 81.1 cm³/mol. The molecule has 2 unspecified atom stereocenters. The average Bonchev–Trinajstić information content (AvgIpc) is 2.47. The van der Waals surface area contributed by atoms with Gasteiger partial charge < -0.3 is 14.4 Å². The fourth-order valence-corrected chi connectivity index (χ4v) is 2.70. The maximum atomic E-state index is 11.0. The Labute approximate surface area is 124 Å². The Kier molecular flexibility index (Phi) is 5.01. The highest BCUT2D eigenvalue weighted by molar-refractivity contribution is 5.59. The van der Waals surface area contributed by atoms with E-state index in [1.165, 1.54) is 6.07 Å². The zero-order valence-corrected chi connectivity index (χ0v) is 12.7. The van der Waals surface area contributed by atoms with Crippen LogP contribution in [-0.2, 0) is 4.74 Å². The first kappa shape index (κ1) is 15.6. The Morgan fingerprint density at radius 1 is 1.48 bits per heavy atom. The highest BCUT2D eigenvalue weighted by atomic mass is 16.6. The van der Waals surface area contributed by atoms with E-state index in [2.05, 4.69) is 11.8 Å². The summed E-state index contributed by atoms with van der Waals surface area (Å²) in [6.07, 6.45) is 1.23. The summed E-state index contributed by atoms with van der Waals surface area (Å²) < 4.78 is 10.9. The molecule has 1 aliphatic rings. The van der Waals surface area contributed by atoms with Gasteiger partial charge >= 0.3 is 5.69 Å². The van der Waals surface area contributed by atoms with Crippen molar-refractivity contribution in [2.75, 3.05) is 31.7 Å². The van der Waals surface area contributed by atoms with Gasteiger partial charge in [-0.15, -0.1) is 0 Å². The Morgan fingerprint density at radius 3 is 2.86 bits per heavy atom. The number of ether oxygens (including phenoxy) is 2.